The summed E-state index contributed by atoms with van der Waals surface area (Å²) in [5.41, 5.74) is 3.37. The number of hydrogen-bond acceptors (Lipinski definition) is 3. The Morgan fingerprint density at radius 1 is 1.03 bits per heavy atom. The van der Waals surface area contributed by atoms with E-state index in [9.17, 15) is 14.0 Å². The predicted molar refractivity (Wildman–Crippen MR) is 108 cm³/mol. The Morgan fingerprint density at radius 3 is 2.62 bits per heavy atom. The topological polar surface area (TPSA) is 74.3 Å². The second-order valence-corrected chi connectivity index (χ2v) is 6.65. The van der Waals surface area contributed by atoms with Gasteiger partial charge in [0.1, 0.15) is 5.82 Å². The van der Waals surface area contributed by atoms with Gasteiger partial charge in [0.05, 0.1) is 12.2 Å². The van der Waals surface area contributed by atoms with E-state index >= 15 is 0 Å². The molecule has 3 amide bonds. The molecule has 1 aromatic heterocycles. The molecular formula is C22H19FN4O2. The third-order valence-electron chi connectivity index (χ3n) is 4.77. The lowest BCUT2D eigenvalue weighted by Gasteiger charge is -2.18. The predicted octanol–water partition coefficient (Wildman–Crippen LogP) is 3.75. The fraction of sp³-hybridized carbons (Fsp3) is 0.136. The Labute approximate surface area is 167 Å². The van der Waals surface area contributed by atoms with Crippen LogP contribution in [0, 0.1) is 5.82 Å². The lowest BCUT2D eigenvalue weighted by atomic mass is 10.0. The van der Waals surface area contributed by atoms with Gasteiger partial charge in [-0.25, -0.2) is 9.18 Å². The molecule has 2 heterocycles. The lowest BCUT2D eigenvalue weighted by molar-refractivity contribution is 0.0949. The first kappa shape index (κ1) is 18.6. The number of halogens is 1. The number of anilines is 2. The Balaban J connectivity index is 1.48. The minimum Gasteiger partial charge on any atom is -0.346 e. The van der Waals surface area contributed by atoms with Crippen LogP contribution in [0.4, 0.5) is 20.6 Å². The van der Waals surface area contributed by atoms with Crippen molar-refractivity contribution in [3.05, 3.63) is 89.5 Å². The second-order valence-electron chi connectivity index (χ2n) is 6.65. The van der Waals surface area contributed by atoms with Crippen LogP contribution in [0.1, 0.15) is 21.6 Å². The van der Waals surface area contributed by atoms with Crippen molar-refractivity contribution in [2.45, 2.75) is 13.0 Å². The molecular weight excluding hydrogens is 371 g/mol. The Kier molecular flexibility index (Phi) is 5.20. The van der Waals surface area contributed by atoms with Crippen molar-refractivity contribution in [2.75, 3.05) is 16.8 Å². The first-order chi connectivity index (χ1) is 14.1. The highest BCUT2D eigenvalue weighted by molar-refractivity contribution is 6.05. The van der Waals surface area contributed by atoms with Crippen LogP contribution in [0.25, 0.3) is 0 Å². The molecule has 4 rings (SSSR count). The van der Waals surface area contributed by atoms with E-state index in [1.54, 1.807) is 23.2 Å². The summed E-state index contributed by atoms with van der Waals surface area (Å²) >= 11 is 0. The highest BCUT2D eigenvalue weighted by atomic mass is 19.1. The number of rotatable bonds is 4. The van der Waals surface area contributed by atoms with Crippen LogP contribution in [0.5, 0.6) is 0 Å². The first-order valence-corrected chi connectivity index (χ1v) is 9.26. The molecule has 6 nitrogen and oxygen atoms in total. The van der Waals surface area contributed by atoms with Gasteiger partial charge in [-0.1, -0.05) is 12.1 Å². The van der Waals surface area contributed by atoms with Crippen LogP contribution < -0.4 is 15.5 Å². The van der Waals surface area contributed by atoms with Gasteiger partial charge in [-0.2, -0.15) is 0 Å². The molecule has 0 radical (unpaired) electrons. The molecule has 1 aliphatic heterocycles. The Hall–Kier alpha value is -3.74. The van der Waals surface area contributed by atoms with E-state index in [0.717, 1.165) is 11.3 Å². The minimum atomic E-state index is -0.365. The van der Waals surface area contributed by atoms with Gasteiger partial charge in [-0.15, -0.1) is 0 Å². The highest BCUT2D eigenvalue weighted by Gasteiger charge is 2.28. The van der Waals surface area contributed by atoms with Crippen molar-refractivity contribution in [2.24, 2.45) is 0 Å². The normalized spacial score (nSPS) is 12.4. The van der Waals surface area contributed by atoms with Crippen molar-refractivity contribution in [3.63, 3.8) is 0 Å². The van der Waals surface area contributed by atoms with E-state index < -0.39 is 0 Å². The van der Waals surface area contributed by atoms with E-state index in [1.165, 1.54) is 24.3 Å². The number of carbonyl (C=O) groups is 2. The summed E-state index contributed by atoms with van der Waals surface area (Å²) in [5.74, 6) is -0.566. The van der Waals surface area contributed by atoms with Crippen LogP contribution >= 0.6 is 0 Å². The average Bonchev–Trinajstić information content (AvgIpc) is 3.19. The van der Waals surface area contributed by atoms with Crippen LogP contribution in [0.15, 0.2) is 66.9 Å². The molecule has 0 atom stereocenters. The molecule has 2 aromatic carbocycles. The maximum atomic E-state index is 13.0. The van der Waals surface area contributed by atoms with Crippen molar-refractivity contribution < 1.29 is 14.0 Å². The van der Waals surface area contributed by atoms with E-state index in [0.29, 0.717) is 36.4 Å². The maximum Gasteiger partial charge on any atom is 0.326 e. The molecule has 0 spiro atoms. The van der Waals surface area contributed by atoms with E-state index in [-0.39, 0.29) is 17.8 Å². The molecule has 0 aliphatic carbocycles. The van der Waals surface area contributed by atoms with E-state index in [2.05, 4.69) is 15.6 Å². The second kappa shape index (κ2) is 8.10. The summed E-state index contributed by atoms with van der Waals surface area (Å²) in [5, 5.41) is 5.64. The SMILES string of the molecule is O=C(NCc1ccccn1)c1cccc2c1CCN2C(=O)Nc1ccc(F)cc1. The Morgan fingerprint density at radius 2 is 1.86 bits per heavy atom. The molecule has 3 aromatic rings. The molecule has 0 unspecified atom stereocenters. The minimum absolute atomic E-state index is 0.201. The average molecular weight is 390 g/mol. The van der Waals surface area contributed by atoms with Gasteiger partial charge in [0.2, 0.25) is 0 Å². The van der Waals surface area contributed by atoms with E-state index in [1.807, 2.05) is 24.3 Å². The number of nitrogens with zero attached hydrogens (tertiary/aromatic N) is 2. The van der Waals surface area contributed by atoms with Crippen LogP contribution in [-0.2, 0) is 13.0 Å². The van der Waals surface area contributed by atoms with Crippen molar-refractivity contribution in [1.82, 2.24) is 10.3 Å². The third kappa shape index (κ3) is 4.08. The molecule has 0 saturated heterocycles. The van der Waals surface area contributed by atoms with Gasteiger partial charge in [-0.3, -0.25) is 14.7 Å². The standard InChI is InChI=1S/C22H19FN4O2/c23-15-7-9-16(10-8-15)26-22(29)27-13-11-18-19(5-3-6-20(18)27)21(28)25-14-17-4-1-2-12-24-17/h1-10,12H,11,13-14H2,(H,25,28)(H,26,29). The number of fused-ring (bicyclic) bond motifs is 1. The maximum absolute atomic E-state index is 13.0. The fourth-order valence-electron chi connectivity index (χ4n) is 3.35. The quantitative estimate of drug-likeness (QED) is 0.713. The molecule has 2 N–H and O–H groups in total. The van der Waals surface area contributed by atoms with Crippen molar-refractivity contribution in [1.29, 1.82) is 0 Å². The molecule has 1 aliphatic rings. The number of urea groups is 1. The van der Waals surface area contributed by atoms with Gasteiger partial charge in [0.15, 0.2) is 0 Å². The number of benzene rings is 2. The largest absolute Gasteiger partial charge is 0.346 e. The molecule has 146 valence electrons. The van der Waals surface area contributed by atoms with Gasteiger partial charge >= 0.3 is 6.03 Å². The molecule has 0 bridgehead atoms. The van der Waals surface area contributed by atoms with Crippen LogP contribution in [0.3, 0.4) is 0 Å². The number of aromatic nitrogens is 1. The van der Waals surface area contributed by atoms with Crippen LogP contribution in [0.2, 0.25) is 0 Å². The smallest absolute Gasteiger partial charge is 0.326 e. The third-order valence-corrected chi connectivity index (χ3v) is 4.77. The molecule has 0 fully saturated rings. The van der Waals surface area contributed by atoms with Gasteiger partial charge in [-0.05, 0) is 60.5 Å². The number of amides is 3. The van der Waals surface area contributed by atoms with Gasteiger partial charge in [0.25, 0.3) is 5.91 Å². The summed E-state index contributed by atoms with van der Waals surface area (Å²) < 4.78 is 13.0. The zero-order valence-electron chi connectivity index (χ0n) is 15.6. The first-order valence-electron chi connectivity index (χ1n) is 9.26. The zero-order chi connectivity index (χ0) is 20.2. The summed E-state index contributed by atoms with van der Waals surface area (Å²) in [6, 6.07) is 16.1. The molecule has 29 heavy (non-hydrogen) atoms. The van der Waals surface area contributed by atoms with Crippen molar-refractivity contribution in [3.8, 4) is 0 Å². The van der Waals surface area contributed by atoms with E-state index in [4.69, 9.17) is 0 Å². The zero-order valence-corrected chi connectivity index (χ0v) is 15.6. The number of hydrogen-bond donors (Lipinski definition) is 2. The monoisotopic (exact) mass is 390 g/mol. The Bertz CT molecular complexity index is 1040. The lowest BCUT2D eigenvalue weighted by Crippen LogP contribution is -2.33. The fourth-order valence-corrected chi connectivity index (χ4v) is 3.35. The van der Waals surface area contributed by atoms with Gasteiger partial charge < -0.3 is 10.6 Å². The van der Waals surface area contributed by atoms with Crippen LogP contribution in [-0.4, -0.2) is 23.5 Å². The summed E-state index contributed by atoms with van der Waals surface area (Å²) in [7, 11) is 0. The molecule has 0 saturated carbocycles. The summed E-state index contributed by atoms with van der Waals surface area (Å²) in [6.07, 6.45) is 2.26. The van der Waals surface area contributed by atoms with Gasteiger partial charge in [0, 0.05) is 29.7 Å². The van der Waals surface area contributed by atoms with Crippen molar-refractivity contribution >= 4 is 23.3 Å². The highest BCUT2D eigenvalue weighted by Crippen LogP contribution is 2.31. The summed E-state index contributed by atoms with van der Waals surface area (Å²) in [4.78, 5) is 31.1. The molecule has 7 heteroatoms. The summed E-state index contributed by atoms with van der Waals surface area (Å²) in [6.45, 7) is 0.797. The number of carbonyl (C=O) groups excluding carboxylic acids is 2. The number of nitrogens with one attached hydrogen (secondary N) is 2. The number of pyridine rings is 1.